The van der Waals surface area contributed by atoms with E-state index in [1.54, 1.807) is 0 Å². The summed E-state index contributed by atoms with van der Waals surface area (Å²) in [6, 6.07) is 1.15. The molecule has 11 heteroatoms. The molecular formula is C20H31F3N2O6. The van der Waals surface area contributed by atoms with E-state index in [0.29, 0.717) is 24.8 Å². The summed E-state index contributed by atoms with van der Waals surface area (Å²) in [5.74, 6) is -2.62. The van der Waals surface area contributed by atoms with Gasteiger partial charge in [0.05, 0.1) is 25.4 Å². The first-order valence-corrected chi connectivity index (χ1v) is 10.9. The van der Waals surface area contributed by atoms with Crippen molar-refractivity contribution >= 4 is 11.9 Å². The Hall–Kier alpha value is -1.43. The fraction of sp³-hybridized carbons (Fsp3) is 0.900. The first-order chi connectivity index (χ1) is 14.8. The molecule has 0 aromatic heterocycles. The fourth-order valence-electron chi connectivity index (χ4n) is 4.73. The van der Waals surface area contributed by atoms with E-state index in [-0.39, 0.29) is 18.6 Å². The second-order valence-corrected chi connectivity index (χ2v) is 8.39. The highest BCUT2D eigenvalue weighted by Gasteiger charge is 2.43. The van der Waals surface area contributed by atoms with Crippen LogP contribution in [0.1, 0.15) is 38.5 Å². The molecule has 0 bridgehead atoms. The number of carboxylic acid groups (broad SMARTS) is 1. The molecule has 0 aromatic carbocycles. The number of amides is 1. The van der Waals surface area contributed by atoms with E-state index in [9.17, 15) is 18.0 Å². The van der Waals surface area contributed by atoms with E-state index in [1.165, 1.54) is 6.42 Å². The van der Waals surface area contributed by atoms with Crippen LogP contribution in [0.25, 0.3) is 0 Å². The number of nitrogens with zero attached hydrogens (tertiary/aromatic N) is 2. The fourth-order valence-corrected chi connectivity index (χ4v) is 4.73. The molecule has 8 nitrogen and oxygen atoms in total. The van der Waals surface area contributed by atoms with Crippen LogP contribution >= 0.6 is 0 Å². The Labute approximate surface area is 179 Å². The number of carbonyl (C=O) groups excluding carboxylic acids is 1. The number of carboxylic acids is 1. The summed E-state index contributed by atoms with van der Waals surface area (Å²) >= 11 is 0. The molecular weight excluding hydrogens is 421 g/mol. The summed E-state index contributed by atoms with van der Waals surface area (Å²) in [6.07, 6.45) is 2.14. The monoisotopic (exact) mass is 452 g/mol. The molecule has 4 atom stereocenters. The minimum atomic E-state index is -5.08. The average molecular weight is 452 g/mol. The van der Waals surface area contributed by atoms with Crippen LogP contribution in [0.5, 0.6) is 0 Å². The lowest BCUT2D eigenvalue weighted by Crippen LogP contribution is -2.47. The Morgan fingerprint density at radius 1 is 1.06 bits per heavy atom. The maximum absolute atomic E-state index is 12.0. The maximum atomic E-state index is 12.0. The van der Waals surface area contributed by atoms with Gasteiger partial charge >= 0.3 is 12.1 Å². The Bertz CT molecular complexity index is 608. The number of halogens is 3. The van der Waals surface area contributed by atoms with Crippen molar-refractivity contribution < 1.29 is 42.1 Å². The van der Waals surface area contributed by atoms with Gasteiger partial charge in [0.2, 0.25) is 5.91 Å². The number of rotatable bonds is 5. The molecule has 31 heavy (non-hydrogen) atoms. The number of carbonyl (C=O) groups is 2. The van der Waals surface area contributed by atoms with Crippen LogP contribution in [0.2, 0.25) is 0 Å². The second-order valence-electron chi connectivity index (χ2n) is 8.39. The van der Waals surface area contributed by atoms with Gasteiger partial charge in [-0.3, -0.25) is 9.69 Å². The van der Waals surface area contributed by atoms with Crippen molar-refractivity contribution in [1.29, 1.82) is 0 Å². The number of likely N-dealkylation sites (tertiary alicyclic amines) is 2. The van der Waals surface area contributed by atoms with Crippen molar-refractivity contribution in [3.8, 4) is 0 Å². The molecule has 4 fully saturated rings. The van der Waals surface area contributed by atoms with Crippen LogP contribution in [0.15, 0.2) is 0 Å². The third kappa shape index (κ3) is 6.77. The van der Waals surface area contributed by atoms with E-state index in [0.717, 1.165) is 65.0 Å². The number of hydrogen-bond acceptors (Lipinski definition) is 6. The molecule has 4 aliphatic heterocycles. The Kier molecular flexibility index (Phi) is 8.54. The zero-order valence-corrected chi connectivity index (χ0v) is 17.5. The molecule has 4 heterocycles. The molecule has 1 unspecified atom stereocenters. The Morgan fingerprint density at radius 3 is 2.39 bits per heavy atom. The van der Waals surface area contributed by atoms with E-state index in [4.69, 9.17) is 24.1 Å². The van der Waals surface area contributed by atoms with Crippen LogP contribution in [-0.4, -0.2) is 103 Å². The van der Waals surface area contributed by atoms with Crippen molar-refractivity contribution in [3.63, 3.8) is 0 Å². The topological polar surface area (TPSA) is 88.5 Å². The lowest BCUT2D eigenvalue weighted by molar-refractivity contribution is -0.192. The summed E-state index contributed by atoms with van der Waals surface area (Å²) in [6.45, 7) is 5.47. The summed E-state index contributed by atoms with van der Waals surface area (Å²) < 4.78 is 49.2. The van der Waals surface area contributed by atoms with Gasteiger partial charge in [-0.1, -0.05) is 0 Å². The summed E-state index contributed by atoms with van der Waals surface area (Å²) in [5, 5.41) is 7.12. The lowest BCUT2D eigenvalue weighted by Gasteiger charge is -2.38. The average Bonchev–Trinajstić information content (AvgIpc) is 3.47. The molecule has 4 aliphatic rings. The quantitative estimate of drug-likeness (QED) is 0.679. The van der Waals surface area contributed by atoms with E-state index in [2.05, 4.69) is 4.90 Å². The van der Waals surface area contributed by atoms with Gasteiger partial charge in [0.15, 0.2) is 0 Å². The van der Waals surface area contributed by atoms with Gasteiger partial charge in [0.1, 0.15) is 6.61 Å². The predicted octanol–water partition coefficient (Wildman–Crippen LogP) is 1.67. The van der Waals surface area contributed by atoms with Crippen molar-refractivity contribution in [3.05, 3.63) is 0 Å². The van der Waals surface area contributed by atoms with Crippen LogP contribution < -0.4 is 0 Å². The highest BCUT2D eigenvalue weighted by atomic mass is 19.4. The normalized spacial score (nSPS) is 31.3. The highest BCUT2D eigenvalue weighted by Crippen LogP contribution is 2.34. The van der Waals surface area contributed by atoms with E-state index in [1.807, 2.05) is 4.90 Å². The summed E-state index contributed by atoms with van der Waals surface area (Å²) in [7, 11) is 0. The van der Waals surface area contributed by atoms with E-state index >= 15 is 0 Å². The van der Waals surface area contributed by atoms with Gasteiger partial charge in [0.25, 0.3) is 0 Å². The smallest absolute Gasteiger partial charge is 0.475 e. The van der Waals surface area contributed by atoms with Gasteiger partial charge in [-0.05, 0) is 38.5 Å². The molecule has 0 saturated carbocycles. The van der Waals surface area contributed by atoms with Gasteiger partial charge in [-0.2, -0.15) is 13.2 Å². The van der Waals surface area contributed by atoms with Crippen molar-refractivity contribution in [1.82, 2.24) is 9.80 Å². The second kappa shape index (κ2) is 10.9. The summed E-state index contributed by atoms with van der Waals surface area (Å²) in [4.78, 5) is 25.4. The molecule has 0 aliphatic carbocycles. The Morgan fingerprint density at radius 2 is 1.77 bits per heavy atom. The van der Waals surface area contributed by atoms with Crippen LogP contribution in [0.4, 0.5) is 13.2 Å². The minimum Gasteiger partial charge on any atom is -0.475 e. The number of alkyl halides is 3. The van der Waals surface area contributed by atoms with Crippen LogP contribution in [0.3, 0.4) is 0 Å². The van der Waals surface area contributed by atoms with Crippen LogP contribution in [0, 0.1) is 0 Å². The molecule has 1 amide bonds. The third-order valence-electron chi connectivity index (χ3n) is 6.28. The SMILES string of the molecule is O=C(COC[C@H]1CC[C@H]2[C@H](CCN2C2CCOC2)O1)N1CCCC1.O=C(O)C(F)(F)F. The van der Waals surface area contributed by atoms with Gasteiger partial charge in [-0.15, -0.1) is 0 Å². The summed E-state index contributed by atoms with van der Waals surface area (Å²) in [5.41, 5.74) is 0. The van der Waals surface area contributed by atoms with Crippen molar-refractivity contribution in [2.75, 3.05) is 46.1 Å². The molecule has 4 saturated heterocycles. The number of ether oxygens (including phenoxy) is 3. The van der Waals surface area contributed by atoms with Gasteiger partial charge in [0, 0.05) is 38.3 Å². The minimum absolute atomic E-state index is 0.134. The van der Waals surface area contributed by atoms with E-state index < -0.39 is 12.1 Å². The number of fused-ring (bicyclic) bond motifs is 1. The lowest BCUT2D eigenvalue weighted by atomic mass is 9.98. The molecule has 1 N–H and O–H groups in total. The van der Waals surface area contributed by atoms with Gasteiger partial charge < -0.3 is 24.2 Å². The standard InChI is InChI=1S/C18H30N2O4.C2HF3O2/c21-18(19-7-1-2-8-19)13-23-12-15-3-4-16-17(24-15)5-9-20(16)14-6-10-22-11-14;3-2(4,5)1(6)7/h14-17H,1-13H2;(H,6,7)/t14?,15-,16+,17+;/m1./s1. The first-order valence-electron chi connectivity index (χ1n) is 10.9. The molecule has 0 spiro atoms. The van der Waals surface area contributed by atoms with Crippen molar-refractivity contribution in [2.45, 2.75) is 69.0 Å². The van der Waals surface area contributed by atoms with Gasteiger partial charge in [-0.25, -0.2) is 4.79 Å². The maximum Gasteiger partial charge on any atom is 0.490 e. The van der Waals surface area contributed by atoms with Crippen molar-refractivity contribution in [2.24, 2.45) is 0 Å². The predicted molar refractivity (Wildman–Crippen MR) is 103 cm³/mol. The Balaban J connectivity index is 0.000000339. The first kappa shape index (κ1) is 24.2. The third-order valence-corrected chi connectivity index (χ3v) is 6.28. The molecule has 178 valence electrons. The number of hydrogen-bond donors (Lipinski definition) is 1. The molecule has 0 radical (unpaired) electrons. The highest BCUT2D eigenvalue weighted by molar-refractivity contribution is 5.77. The molecule has 0 aromatic rings. The van der Waals surface area contributed by atoms with Crippen LogP contribution in [-0.2, 0) is 23.8 Å². The molecule has 4 rings (SSSR count). The zero-order valence-electron chi connectivity index (χ0n) is 17.5. The number of aliphatic carboxylic acids is 1. The largest absolute Gasteiger partial charge is 0.490 e. The zero-order chi connectivity index (χ0) is 22.4.